The molecule has 1 aliphatic rings. The van der Waals surface area contributed by atoms with E-state index < -0.39 is 0 Å². The van der Waals surface area contributed by atoms with Crippen LogP contribution in [0, 0.1) is 11.3 Å². The number of nitrogens with one attached hydrogen (secondary N) is 2. The van der Waals surface area contributed by atoms with Crippen LogP contribution in [0.1, 0.15) is 23.3 Å². The molecule has 7 nitrogen and oxygen atoms in total. The number of benzene rings is 2. The van der Waals surface area contributed by atoms with Crippen LogP contribution in [0.25, 0.3) is 22.0 Å². The Labute approximate surface area is 200 Å². The van der Waals surface area contributed by atoms with Gasteiger partial charge in [-0.1, -0.05) is 30.8 Å². The minimum atomic E-state index is -0.151. The molecule has 2 heterocycles. The van der Waals surface area contributed by atoms with E-state index in [-0.39, 0.29) is 11.9 Å². The number of anilines is 1. The lowest BCUT2D eigenvalue weighted by Gasteiger charge is -2.30. The third kappa shape index (κ3) is 5.19. The van der Waals surface area contributed by atoms with Gasteiger partial charge in [-0.2, -0.15) is 5.26 Å². The summed E-state index contributed by atoms with van der Waals surface area (Å²) in [5, 5.41) is 17.4. The average molecular weight is 456 g/mol. The zero-order valence-electron chi connectivity index (χ0n) is 19.6. The van der Waals surface area contributed by atoms with Gasteiger partial charge in [0.2, 0.25) is 0 Å². The molecule has 174 valence electrons. The molecule has 1 amide bonds. The zero-order valence-corrected chi connectivity index (χ0v) is 19.6. The molecule has 0 bridgehead atoms. The second-order valence-electron chi connectivity index (χ2n) is 8.63. The largest absolute Gasteiger partial charge is 0.495 e. The smallest absolute Gasteiger partial charge is 0.270 e. The van der Waals surface area contributed by atoms with Crippen LogP contribution in [0.3, 0.4) is 0 Å². The standard InChI is InChI=1S/C27H29N5O2/c1-18(15-28)16-29-26-22-14-20(10-9-19(22)11-12-25(26)34-3)23-7-4-8-24(31-23)27(33)30-21-6-5-13-32(2)17-21/h4,7-12,14,21,29H,1,5-6,13,16-17H2,2-3H3,(H,30,33)/t21-/m1/s1. The van der Waals surface area contributed by atoms with Crippen LogP contribution in [0.5, 0.6) is 5.75 Å². The first-order valence-corrected chi connectivity index (χ1v) is 11.4. The van der Waals surface area contributed by atoms with E-state index in [0.29, 0.717) is 29.3 Å². The van der Waals surface area contributed by atoms with E-state index in [1.807, 2.05) is 42.5 Å². The number of nitrogens with zero attached hydrogens (tertiary/aromatic N) is 3. The van der Waals surface area contributed by atoms with Gasteiger partial charge in [0.15, 0.2) is 0 Å². The highest BCUT2D eigenvalue weighted by molar-refractivity contribution is 5.99. The Morgan fingerprint density at radius 3 is 2.88 bits per heavy atom. The van der Waals surface area contributed by atoms with Gasteiger partial charge in [0, 0.05) is 35.7 Å². The van der Waals surface area contributed by atoms with E-state index in [9.17, 15) is 4.79 Å². The summed E-state index contributed by atoms with van der Waals surface area (Å²) in [6.07, 6.45) is 2.06. The number of piperidine rings is 1. The number of carbonyl (C=O) groups is 1. The summed E-state index contributed by atoms with van der Waals surface area (Å²) in [4.78, 5) is 19.8. The molecule has 1 aromatic heterocycles. The number of amides is 1. The fourth-order valence-electron chi connectivity index (χ4n) is 4.31. The fourth-order valence-corrected chi connectivity index (χ4v) is 4.31. The first-order chi connectivity index (χ1) is 16.5. The second kappa shape index (κ2) is 10.4. The number of likely N-dealkylation sites (tertiary alicyclic amines) is 1. The van der Waals surface area contributed by atoms with Crippen molar-refractivity contribution in [3.05, 3.63) is 66.4 Å². The van der Waals surface area contributed by atoms with Gasteiger partial charge in [-0.25, -0.2) is 4.98 Å². The SMILES string of the molecule is C=C(C#N)CNc1c(OC)ccc2ccc(-c3cccc(C(=O)N[C@@H]4CCCN(C)C4)n3)cc12. The number of nitriles is 1. The van der Waals surface area contributed by atoms with Crippen molar-refractivity contribution in [3.63, 3.8) is 0 Å². The number of rotatable bonds is 7. The van der Waals surface area contributed by atoms with Crippen molar-refractivity contribution in [2.24, 2.45) is 0 Å². The van der Waals surface area contributed by atoms with Gasteiger partial charge in [-0.05, 0) is 56.1 Å². The van der Waals surface area contributed by atoms with E-state index in [0.717, 1.165) is 48.0 Å². The lowest BCUT2D eigenvalue weighted by atomic mass is 10.0. The molecule has 34 heavy (non-hydrogen) atoms. The minimum absolute atomic E-state index is 0.140. The molecule has 0 radical (unpaired) electrons. The van der Waals surface area contributed by atoms with Gasteiger partial charge in [0.05, 0.1) is 24.6 Å². The molecular formula is C27H29N5O2. The van der Waals surface area contributed by atoms with Gasteiger partial charge in [-0.15, -0.1) is 0 Å². The maximum atomic E-state index is 12.9. The normalized spacial score (nSPS) is 16.0. The molecule has 1 atom stereocenters. The van der Waals surface area contributed by atoms with Crippen molar-refractivity contribution in [1.29, 1.82) is 5.26 Å². The van der Waals surface area contributed by atoms with E-state index in [1.54, 1.807) is 13.2 Å². The zero-order chi connectivity index (χ0) is 24.1. The number of hydrogen-bond donors (Lipinski definition) is 2. The van der Waals surface area contributed by atoms with Crippen molar-refractivity contribution in [2.75, 3.05) is 39.1 Å². The molecule has 0 spiro atoms. The number of methoxy groups -OCH3 is 1. The monoisotopic (exact) mass is 455 g/mol. The van der Waals surface area contributed by atoms with Gasteiger partial charge in [0.1, 0.15) is 11.4 Å². The summed E-state index contributed by atoms with van der Waals surface area (Å²) >= 11 is 0. The Balaban J connectivity index is 1.64. The van der Waals surface area contributed by atoms with Crippen molar-refractivity contribution >= 4 is 22.4 Å². The van der Waals surface area contributed by atoms with Gasteiger partial charge in [0.25, 0.3) is 5.91 Å². The number of carbonyl (C=O) groups excluding carboxylic acids is 1. The third-order valence-corrected chi connectivity index (χ3v) is 6.08. The Morgan fingerprint density at radius 2 is 2.12 bits per heavy atom. The van der Waals surface area contributed by atoms with Gasteiger partial charge >= 0.3 is 0 Å². The molecule has 2 N–H and O–H groups in total. The molecule has 1 fully saturated rings. The quantitative estimate of drug-likeness (QED) is 0.518. The summed E-state index contributed by atoms with van der Waals surface area (Å²) in [7, 11) is 3.69. The number of hydrogen-bond acceptors (Lipinski definition) is 6. The lowest BCUT2D eigenvalue weighted by Crippen LogP contribution is -2.46. The summed E-state index contributed by atoms with van der Waals surface area (Å²) in [6.45, 7) is 5.98. The molecule has 7 heteroatoms. The van der Waals surface area contributed by atoms with Crippen LogP contribution in [-0.2, 0) is 0 Å². The number of pyridine rings is 1. The summed E-state index contributed by atoms with van der Waals surface area (Å²) in [6, 6.07) is 17.6. The highest BCUT2D eigenvalue weighted by Crippen LogP contribution is 2.35. The van der Waals surface area contributed by atoms with Crippen molar-refractivity contribution in [3.8, 4) is 23.1 Å². The van der Waals surface area contributed by atoms with E-state index in [1.165, 1.54) is 0 Å². The van der Waals surface area contributed by atoms with E-state index in [2.05, 4.69) is 40.2 Å². The second-order valence-corrected chi connectivity index (χ2v) is 8.63. The van der Waals surface area contributed by atoms with Crippen LogP contribution in [0.15, 0.2) is 60.7 Å². The van der Waals surface area contributed by atoms with Crippen LogP contribution in [-0.4, -0.2) is 55.6 Å². The van der Waals surface area contributed by atoms with Crippen LogP contribution in [0.2, 0.25) is 0 Å². The number of aromatic nitrogens is 1. The maximum absolute atomic E-state index is 12.9. The summed E-state index contributed by atoms with van der Waals surface area (Å²) in [5.41, 5.74) is 3.22. The van der Waals surface area contributed by atoms with Crippen molar-refractivity contribution in [2.45, 2.75) is 18.9 Å². The lowest BCUT2D eigenvalue weighted by molar-refractivity contribution is 0.0907. The van der Waals surface area contributed by atoms with Gasteiger partial charge in [-0.3, -0.25) is 4.79 Å². The molecule has 2 aromatic carbocycles. The molecule has 0 unspecified atom stereocenters. The fraction of sp³-hybridized carbons (Fsp3) is 0.296. The molecule has 1 aliphatic heterocycles. The predicted molar refractivity (Wildman–Crippen MR) is 135 cm³/mol. The predicted octanol–water partition coefficient (Wildman–Crippen LogP) is 4.23. The Hall–Kier alpha value is -3.89. The van der Waals surface area contributed by atoms with Crippen molar-refractivity contribution in [1.82, 2.24) is 15.2 Å². The van der Waals surface area contributed by atoms with Gasteiger partial charge < -0.3 is 20.3 Å². The highest BCUT2D eigenvalue weighted by atomic mass is 16.5. The highest BCUT2D eigenvalue weighted by Gasteiger charge is 2.20. The van der Waals surface area contributed by atoms with Crippen LogP contribution >= 0.6 is 0 Å². The first-order valence-electron chi connectivity index (χ1n) is 11.4. The minimum Gasteiger partial charge on any atom is -0.495 e. The third-order valence-electron chi connectivity index (χ3n) is 6.08. The maximum Gasteiger partial charge on any atom is 0.270 e. The van der Waals surface area contributed by atoms with Crippen molar-refractivity contribution < 1.29 is 9.53 Å². The topological polar surface area (TPSA) is 90.3 Å². The Bertz CT molecular complexity index is 1260. The Kier molecular flexibility index (Phi) is 7.09. The van der Waals surface area contributed by atoms with E-state index in [4.69, 9.17) is 10.00 Å². The molecule has 0 saturated carbocycles. The number of likely N-dealkylation sites (N-methyl/N-ethyl adjacent to an activating group) is 1. The summed E-state index contributed by atoms with van der Waals surface area (Å²) in [5.74, 6) is 0.524. The molecule has 4 rings (SSSR count). The molecular weight excluding hydrogens is 426 g/mol. The average Bonchev–Trinajstić information content (AvgIpc) is 2.86. The molecule has 0 aliphatic carbocycles. The Morgan fingerprint density at radius 1 is 1.29 bits per heavy atom. The molecule has 3 aromatic rings. The number of fused-ring (bicyclic) bond motifs is 1. The first kappa shape index (κ1) is 23.3. The van der Waals surface area contributed by atoms with Crippen LogP contribution in [0.4, 0.5) is 5.69 Å². The molecule has 1 saturated heterocycles. The van der Waals surface area contributed by atoms with E-state index >= 15 is 0 Å². The van der Waals surface area contributed by atoms with Crippen LogP contribution < -0.4 is 15.4 Å². The summed E-state index contributed by atoms with van der Waals surface area (Å²) < 4.78 is 5.55. The number of ether oxygens (including phenoxy) is 1.